The van der Waals surface area contributed by atoms with Crippen molar-refractivity contribution in [2.75, 3.05) is 0 Å². The smallest absolute Gasteiger partial charge is 0.0200 e. The van der Waals surface area contributed by atoms with Gasteiger partial charge in [0.15, 0.2) is 0 Å². The summed E-state index contributed by atoms with van der Waals surface area (Å²) in [5.41, 5.74) is 15.1. The van der Waals surface area contributed by atoms with Crippen LogP contribution in [0.15, 0.2) is 129 Å². The van der Waals surface area contributed by atoms with E-state index in [2.05, 4.69) is 231 Å². The highest BCUT2D eigenvalue weighted by Gasteiger charge is 2.36. The minimum atomic E-state index is 0.839. The Kier molecular flexibility index (Phi) is 44.2. The average Bonchev–Trinajstić information content (AvgIpc) is 0.880. The Morgan fingerprint density at radius 1 is 0.183 bits per heavy atom. The normalized spacial score (nSPS) is 40.5. The standard InChI is InChI=1S/8C12H20.3C8H14/c8*1-9-3-5-12-8-10(2)4-6-11(12)7-9;3*1-7-3-5-8(2)6-4-7/h2*7,10-12H,3-6,8H2,1-2H3;2*7,9-10,12H,3-6,8H2,1-2H3;5,9-11H,3-4,6-8H2,1-2H3;2*3,10-12H,4-8H2,1-2H3;3,5,9-12H,4,6-8H2,1-2H3;2*3,8H,4-6H2,1-2H3;3,5,7-8H,4,6H2,1-2H3. The van der Waals surface area contributed by atoms with Gasteiger partial charge in [0.2, 0.25) is 0 Å². The van der Waals surface area contributed by atoms with Gasteiger partial charge in [0.25, 0.3) is 0 Å². The van der Waals surface area contributed by atoms with Crippen LogP contribution in [0.1, 0.15) is 454 Å². The highest BCUT2D eigenvalue weighted by atomic mass is 14.4. The van der Waals surface area contributed by atoms with Crippen molar-refractivity contribution in [2.45, 2.75) is 454 Å². The number of hydrogen-bond donors (Lipinski definition) is 0. The lowest BCUT2D eigenvalue weighted by Gasteiger charge is -2.37. The summed E-state index contributed by atoms with van der Waals surface area (Å²) in [5, 5.41) is 0. The monoisotopic (exact) mass is 1640 g/mol. The zero-order chi connectivity index (χ0) is 86.4. The summed E-state index contributed by atoms with van der Waals surface area (Å²) in [7, 11) is 0. The number of fused-ring (bicyclic) bond motifs is 8. The maximum Gasteiger partial charge on any atom is -0.0200 e. The molecule has 0 N–H and O–H groups in total. The van der Waals surface area contributed by atoms with Gasteiger partial charge in [-0.25, -0.2) is 0 Å². The molecule has 0 aromatic heterocycles. The molecule has 19 rings (SSSR count). The molecule has 29 unspecified atom stereocenters. The first-order chi connectivity index (χ1) is 57.4. The molecule has 0 spiro atoms. The summed E-state index contributed by atoms with van der Waals surface area (Å²) in [6, 6.07) is 0. The molecule has 0 saturated heterocycles. The van der Waals surface area contributed by atoms with E-state index in [-0.39, 0.29) is 0 Å². The molecular weight excluding hydrogens is 1440 g/mol. The first kappa shape index (κ1) is 101. The maximum atomic E-state index is 2.56. The molecule has 0 nitrogen and oxygen atoms in total. The van der Waals surface area contributed by atoms with Gasteiger partial charge in [-0.2, -0.15) is 0 Å². The van der Waals surface area contributed by atoms with Gasteiger partial charge in [-0.1, -0.05) is 272 Å². The van der Waals surface area contributed by atoms with E-state index in [1.165, 1.54) is 302 Å². The van der Waals surface area contributed by atoms with Crippen molar-refractivity contribution < 1.29 is 0 Å². The van der Waals surface area contributed by atoms with Crippen LogP contribution in [0.3, 0.4) is 0 Å². The summed E-state index contributed by atoms with van der Waals surface area (Å²) < 4.78 is 0. The van der Waals surface area contributed by atoms with Crippen molar-refractivity contribution in [1.29, 1.82) is 0 Å². The van der Waals surface area contributed by atoms with E-state index < -0.39 is 0 Å². The topological polar surface area (TPSA) is 0 Å². The van der Waals surface area contributed by atoms with Crippen molar-refractivity contribution in [2.24, 2.45) is 172 Å². The molecular formula is C120H202. The van der Waals surface area contributed by atoms with Gasteiger partial charge in [-0.3, -0.25) is 0 Å². The molecule has 120 heavy (non-hydrogen) atoms. The van der Waals surface area contributed by atoms with E-state index in [0.29, 0.717) is 0 Å². The molecule has 0 amide bonds. The van der Waals surface area contributed by atoms with E-state index in [4.69, 9.17) is 0 Å². The van der Waals surface area contributed by atoms with Crippen molar-refractivity contribution >= 4 is 0 Å². The van der Waals surface area contributed by atoms with E-state index >= 15 is 0 Å². The molecule has 29 atom stereocenters. The molecule has 19 aliphatic carbocycles. The zero-order valence-corrected chi connectivity index (χ0v) is 84.0. The van der Waals surface area contributed by atoms with E-state index in [0.717, 1.165) is 172 Å². The second-order valence-electron chi connectivity index (χ2n) is 48.0. The van der Waals surface area contributed by atoms with Crippen molar-refractivity contribution in [3.8, 4) is 0 Å². The molecule has 682 valence electrons. The molecule has 19 aliphatic rings. The third kappa shape index (κ3) is 36.4. The SMILES string of the molecule is CC1=CC2CCC(C)CC2CC1.CC1=CC2CCC(C)CC2CC1.CC1=CCC(C)CC1.CC1=CCC(C)CC1.CC1=CCC2CC(C)CCC2C1.CC1=CCC2CC(C)CCC2C1.CC1C=C2CCC(C)CC2CC1.CC1C=C2CCC(C)CC2CC1.CC1C=CC(C)CC1.CC1C=CC2CC(C)CCC2C1.CC1CCC2CC(C)CC=C2C1. The Morgan fingerprint density at radius 2 is 0.525 bits per heavy atom. The van der Waals surface area contributed by atoms with Crippen LogP contribution in [-0.2, 0) is 0 Å². The van der Waals surface area contributed by atoms with Crippen LogP contribution in [-0.4, -0.2) is 0 Å². The third-order valence-corrected chi connectivity index (χ3v) is 35.0. The molecule has 8 saturated carbocycles. The molecule has 0 heterocycles. The predicted molar refractivity (Wildman–Crippen MR) is 534 cm³/mol. The van der Waals surface area contributed by atoms with E-state index in [1.807, 2.05) is 0 Å². The Morgan fingerprint density at radius 3 is 0.967 bits per heavy atom. The Labute approximate surface area is 750 Å². The van der Waals surface area contributed by atoms with E-state index in [1.54, 1.807) is 50.2 Å². The second kappa shape index (κ2) is 52.6. The molecule has 0 aliphatic heterocycles. The minimum Gasteiger partial charge on any atom is -0.0854 e. The van der Waals surface area contributed by atoms with Gasteiger partial charge in [0, 0.05) is 0 Å². The quantitative estimate of drug-likeness (QED) is 0.212. The summed E-state index contributed by atoms with van der Waals surface area (Å²) in [5.74, 6) is 28.0. The highest BCUT2D eigenvalue weighted by molar-refractivity contribution is 5.18. The average molecular weight is 1640 g/mol. The Bertz CT molecular complexity index is 3100. The Balaban J connectivity index is 0.000000151. The second-order valence-corrected chi connectivity index (χ2v) is 48.0. The van der Waals surface area contributed by atoms with Gasteiger partial charge in [-0.05, 0) is 483 Å². The summed E-state index contributed by atoms with van der Waals surface area (Å²) >= 11 is 0. The van der Waals surface area contributed by atoms with Crippen LogP contribution in [0.4, 0.5) is 0 Å². The van der Waals surface area contributed by atoms with Crippen molar-refractivity contribution in [3.63, 3.8) is 0 Å². The zero-order valence-electron chi connectivity index (χ0n) is 84.0. The molecule has 0 heteroatoms. The lowest BCUT2D eigenvalue weighted by molar-refractivity contribution is 0.180. The maximum absolute atomic E-state index is 2.56. The van der Waals surface area contributed by atoms with Crippen LogP contribution in [0.5, 0.6) is 0 Å². The fourth-order valence-corrected chi connectivity index (χ4v) is 26.4. The van der Waals surface area contributed by atoms with E-state index in [9.17, 15) is 0 Å². The third-order valence-electron chi connectivity index (χ3n) is 35.0. The van der Waals surface area contributed by atoms with Crippen LogP contribution >= 0.6 is 0 Å². The number of allylic oxidation sites excluding steroid dienone is 22. The van der Waals surface area contributed by atoms with Crippen LogP contribution in [0.25, 0.3) is 0 Å². The van der Waals surface area contributed by atoms with Crippen molar-refractivity contribution in [1.82, 2.24) is 0 Å². The van der Waals surface area contributed by atoms with Crippen LogP contribution in [0.2, 0.25) is 0 Å². The van der Waals surface area contributed by atoms with Gasteiger partial charge in [0.1, 0.15) is 0 Å². The van der Waals surface area contributed by atoms with Gasteiger partial charge in [-0.15, -0.1) is 0 Å². The van der Waals surface area contributed by atoms with Crippen LogP contribution < -0.4 is 0 Å². The predicted octanol–water partition coefficient (Wildman–Crippen LogP) is 38.2. The van der Waals surface area contributed by atoms with Crippen LogP contribution in [0, 0.1) is 172 Å². The summed E-state index contributed by atoms with van der Waals surface area (Å²) in [6.45, 7) is 51.6. The van der Waals surface area contributed by atoms with Gasteiger partial charge in [0.05, 0.1) is 0 Å². The first-order valence-electron chi connectivity index (χ1n) is 53.8. The molecule has 8 fully saturated rings. The van der Waals surface area contributed by atoms with Gasteiger partial charge >= 0.3 is 0 Å². The van der Waals surface area contributed by atoms with Crippen molar-refractivity contribution in [3.05, 3.63) is 129 Å². The fourth-order valence-electron chi connectivity index (χ4n) is 26.4. The largest absolute Gasteiger partial charge is 0.0854 e. The molecule has 0 bridgehead atoms. The molecule has 0 radical (unpaired) electrons. The number of rotatable bonds is 0. The summed E-state index contributed by atoms with van der Waals surface area (Å²) in [4.78, 5) is 0. The molecule has 0 aromatic rings. The fraction of sp³-hybridized carbons (Fsp3) is 0.817. The lowest BCUT2D eigenvalue weighted by Crippen LogP contribution is -2.26. The first-order valence-corrected chi connectivity index (χ1v) is 53.8. The minimum absolute atomic E-state index is 0.839. The Hall–Kier alpha value is -2.86. The number of hydrogen-bond acceptors (Lipinski definition) is 0. The lowest BCUT2D eigenvalue weighted by atomic mass is 9.68. The highest BCUT2D eigenvalue weighted by Crippen LogP contribution is 2.49. The summed E-state index contributed by atoms with van der Waals surface area (Å²) in [6.07, 6.45) is 99.3. The van der Waals surface area contributed by atoms with Gasteiger partial charge < -0.3 is 0 Å². The molecule has 0 aromatic carbocycles.